The Labute approximate surface area is 209 Å². The SMILES string of the molecule is N#Cc1cc(-c2cc(NC(=O)C3CC3)ncn2)ccc1OC1CCN(C(=O)COP(=O)(O)O)CC1(F)F. The Hall–Kier alpha value is -3.50. The minimum Gasteiger partial charge on any atom is -0.483 e. The molecule has 1 saturated heterocycles. The molecule has 1 aliphatic heterocycles. The molecule has 2 aromatic rings. The number of piperidine rings is 1. The van der Waals surface area contributed by atoms with Crippen molar-refractivity contribution in [2.24, 2.45) is 5.92 Å². The molecule has 1 saturated carbocycles. The third-order valence-electron chi connectivity index (χ3n) is 5.77. The smallest absolute Gasteiger partial charge is 0.470 e. The van der Waals surface area contributed by atoms with Crippen molar-refractivity contribution in [2.45, 2.75) is 31.3 Å². The summed E-state index contributed by atoms with van der Waals surface area (Å²) in [7, 11) is -4.92. The van der Waals surface area contributed by atoms with E-state index in [2.05, 4.69) is 19.8 Å². The maximum Gasteiger partial charge on any atom is 0.470 e. The molecule has 1 aliphatic carbocycles. The third-order valence-corrected chi connectivity index (χ3v) is 6.24. The van der Waals surface area contributed by atoms with E-state index in [1.54, 1.807) is 0 Å². The number of hydrogen-bond donors (Lipinski definition) is 3. The van der Waals surface area contributed by atoms with E-state index in [4.69, 9.17) is 14.5 Å². The maximum atomic E-state index is 14.8. The molecular formula is C22H22F2N5O7P. The molecule has 1 atom stereocenters. The van der Waals surface area contributed by atoms with Crippen LogP contribution >= 0.6 is 7.82 Å². The standard InChI is InChI=1S/C22H22F2N5O7P/c23-22(24)11-29(20(30)10-35-37(32,33)34)6-5-18(22)36-17-4-3-14(7-15(17)9-25)16-8-19(27-12-26-16)28-21(31)13-1-2-13/h3-4,7-8,12-13,18H,1-2,5-6,10-11H2,(H2,32,33,34)(H,26,27,28,31). The highest BCUT2D eigenvalue weighted by Crippen LogP contribution is 2.37. The first-order chi connectivity index (χ1) is 17.4. The van der Waals surface area contributed by atoms with E-state index in [0.29, 0.717) is 17.1 Å². The number of ether oxygens (including phenoxy) is 1. The lowest BCUT2D eigenvalue weighted by Gasteiger charge is -2.38. The van der Waals surface area contributed by atoms with E-state index >= 15 is 0 Å². The molecule has 1 aromatic heterocycles. The second kappa shape index (κ2) is 10.5. The van der Waals surface area contributed by atoms with Crippen LogP contribution < -0.4 is 10.1 Å². The second-order valence-electron chi connectivity index (χ2n) is 8.61. The number of alkyl halides is 2. The molecular weight excluding hydrogens is 515 g/mol. The molecule has 0 bridgehead atoms. The highest BCUT2D eigenvalue weighted by atomic mass is 31.2. The topological polar surface area (TPSA) is 175 Å². The van der Waals surface area contributed by atoms with E-state index in [9.17, 15) is 28.2 Å². The minimum atomic E-state index is -4.92. The van der Waals surface area contributed by atoms with Crippen LogP contribution in [0.2, 0.25) is 0 Å². The van der Waals surface area contributed by atoms with Crippen LogP contribution in [-0.2, 0) is 18.7 Å². The first-order valence-corrected chi connectivity index (χ1v) is 12.7. The molecule has 2 heterocycles. The molecule has 196 valence electrons. The van der Waals surface area contributed by atoms with Crippen LogP contribution in [0.25, 0.3) is 11.3 Å². The average Bonchev–Trinajstić information content (AvgIpc) is 3.69. The highest BCUT2D eigenvalue weighted by Gasteiger charge is 2.48. The monoisotopic (exact) mass is 537 g/mol. The van der Waals surface area contributed by atoms with Crippen LogP contribution in [0.15, 0.2) is 30.6 Å². The Bertz CT molecular complexity index is 1290. The van der Waals surface area contributed by atoms with Gasteiger partial charge >= 0.3 is 13.7 Å². The van der Waals surface area contributed by atoms with Gasteiger partial charge in [0.1, 0.15) is 30.6 Å². The van der Waals surface area contributed by atoms with Gasteiger partial charge in [-0.05, 0) is 31.0 Å². The van der Waals surface area contributed by atoms with E-state index in [0.717, 1.165) is 17.7 Å². The molecule has 4 rings (SSSR count). The summed E-state index contributed by atoms with van der Waals surface area (Å²) in [6.07, 6.45) is 0.971. The summed E-state index contributed by atoms with van der Waals surface area (Å²) in [6, 6.07) is 7.76. The number of nitrogens with one attached hydrogen (secondary N) is 1. The number of halogens is 2. The van der Waals surface area contributed by atoms with Crippen molar-refractivity contribution in [3.63, 3.8) is 0 Å². The summed E-state index contributed by atoms with van der Waals surface area (Å²) in [5.74, 6) is -4.45. The van der Waals surface area contributed by atoms with Crippen LogP contribution in [0, 0.1) is 17.2 Å². The number of aromatic nitrogens is 2. The van der Waals surface area contributed by atoms with Gasteiger partial charge in [0, 0.05) is 30.5 Å². The zero-order valence-electron chi connectivity index (χ0n) is 19.2. The van der Waals surface area contributed by atoms with Crippen molar-refractivity contribution in [3.05, 3.63) is 36.2 Å². The molecule has 15 heteroatoms. The van der Waals surface area contributed by atoms with Gasteiger partial charge in [0.25, 0.3) is 0 Å². The minimum absolute atomic E-state index is 0.0174. The van der Waals surface area contributed by atoms with Crippen LogP contribution in [0.3, 0.4) is 0 Å². The zero-order valence-corrected chi connectivity index (χ0v) is 20.1. The maximum absolute atomic E-state index is 14.8. The van der Waals surface area contributed by atoms with Gasteiger partial charge in [-0.1, -0.05) is 0 Å². The number of phosphoric acid groups is 1. The fraction of sp³-hybridized carbons (Fsp3) is 0.409. The molecule has 2 amide bonds. The Morgan fingerprint density at radius 1 is 1.24 bits per heavy atom. The summed E-state index contributed by atoms with van der Waals surface area (Å²) >= 11 is 0. The summed E-state index contributed by atoms with van der Waals surface area (Å²) in [4.78, 5) is 50.3. The van der Waals surface area contributed by atoms with Crippen LogP contribution in [0.4, 0.5) is 14.6 Å². The molecule has 0 radical (unpaired) electrons. The fourth-order valence-corrected chi connectivity index (χ4v) is 3.98. The Morgan fingerprint density at radius 3 is 2.65 bits per heavy atom. The number of amides is 2. The van der Waals surface area contributed by atoms with E-state index in [-0.39, 0.29) is 36.1 Å². The van der Waals surface area contributed by atoms with Crippen LogP contribution in [0.1, 0.15) is 24.8 Å². The van der Waals surface area contributed by atoms with Crippen molar-refractivity contribution in [1.29, 1.82) is 5.26 Å². The van der Waals surface area contributed by atoms with Gasteiger partial charge < -0.3 is 24.7 Å². The number of likely N-dealkylation sites (tertiary alicyclic amines) is 1. The summed E-state index contributed by atoms with van der Waals surface area (Å²) in [6.45, 7) is -2.25. The van der Waals surface area contributed by atoms with Gasteiger partial charge in [-0.25, -0.2) is 23.3 Å². The Kier molecular flexibility index (Phi) is 7.52. The normalized spacial score (nSPS) is 19.1. The van der Waals surface area contributed by atoms with Crippen molar-refractivity contribution in [2.75, 3.05) is 25.0 Å². The molecule has 2 aliphatic rings. The average molecular weight is 537 g/mol. The van der Waals surface area contributed by atoms with E-state index in [1.807, 2.05) is 6.07 Å². The lowest BCUT2D eigenvalue weighted by Crippen LogP contribution is -2.56. The number of phosphoric ester groups is 1. The van der Waals surface area contributed by atoms with Crippen molar-refractivity contribution in [1.82, 2.24) is 14.9 Å². The number of carbonyl (C=O) groups is 2. The molecule has 3 N–H and O–H groups in total. The van der Waals surface area contributed by atoms with Crippen LogP contribution in [-0.4, -0.2) is 68.2 Å². The first kappa shape index (κ1) is 26.6. The van der Waals surface area contributed by atoms with E-state index in [1.165, 1.54) is 30.6 Å². The lowest BCUT2D eigenvalue weighted by atomic mass is 10.0. The fourth-order valence-electron chi connectivity index (χ4n) is 3.70. The number of rotatable bonds is 8. The van der Waals surface area contributed by atoms with Gasteiger partial charge in [0.15, 0.2) is 6.10 Å². The highest BCUT2D eigenvalue weighted by molar-refractivity contribution is 7.46. The second-order valence-corrected chi connectivity index (χ2v) is 9.85. The van der Waals surface area contributed by atoms with Gasteiger partial charge in [-0.2, -0.15) is 5.26 Å². The zero-order chi connectivity index (χ0) is 26.8. The number of nitrogens with zero attached hydrogens (tertiary/aromatic N) is 4. The van der Waals surface area contributed by atoms with Gasteiger partial charge in [0.2, 0.25) is 11.8 Å². The number of hydrogen-bond acceptors (Lipinski definition) is 8. The van der Waals surface area contributed by atoms with Gasteiger partial charge in [-0.3, -0.25) is 14.1 Å². The van der Waals surface area contributed by atoms with Gasteiger partial charge in [0.05, 0.1) is 17.8 Å². The van der Waals surface area contributed by atoms with Crippen molar-refractivity contribution in [3.8, 4) is 23.1 Å². The Morgan fingerprint density at radius 2 is 2.00 bits per heavy atom. The predicted molar refractivity (Wildman–Crippen MR) is 122 cm³/mol. The molecule has 37 heavy (non-hydrogen) atoms. The quantitative estimate of drug-likeness (QED) is 0.423. The van der Waals surface area contributed by atoms with Crippen molar-refractivity contribution >= 4 is 25.5 Å². The van der Waals surface area contributed by atoms with E-state index < -0.39 is 38.9 Å². The number of benzene rings is 1. The third kappa shape index (κ3) is 6.84. The molecule has 1 unspecified atom stereocenters. The molecule has 12 nitrogen and oxygen atoms in total. The summed E-state index contributed by atoms with van der Waals surface area (Å²) in [5, 5.41) is 12.3. The number of anilines is 1. The number of carbonyl (C=O) groups excluding carboxylic acids is 2. The predicted octanol–water partition coefficient (Wildman–Crippen LogP) is 2.09. The molecule has 0 spiro atoms. The van der Waals surface area contributed by atoms with Crippen LogP contribution in [0.5, 0.6) is 5.75 Å². The largest absolute Gasteiger partial charge is 0.483 e. The molecule has 1 aromatic carbocycles. The first-order valence-electron chi connectivity index (χ1n) is 11.1. The molecule has 2 fully saturated rings. The summed E-state index contributed by atoms with van der Waals surface area (Å²) in [5.41, 5.74) is 0.855. The Balaban J connectivity index is 1.44. The summed E-state index contributed by atoms with van der Waals surface area (Å²) < 4.78 is 49.9. The number of nitriles is 1. The van der Waals surface area contributed by atoms with Gasteiger partial charge in [-0.15, -0.1) is 0 Å². The lowest BCUT2D eigenvalue weighted by molar-refractivity contribution is -0.161. The van der Waals surface area contributed by atoms with Crippen molar-refractivity contribution < 1.29 is 42.0 Å².